The first kappa shape index (κ1) is 28.7. The summed E-state index contributed by atoms with van der Waals surface area (Å²) in [6.45, 7) is 3.13. The zero-order valence-corrected chi connectivity index (χ0v) is 22.7. The molecule has 2 fully saturated rings. The molecule has 38 heavy (non-hydrogen) atoms. The van der Waals surface area contributed by atoms with E-state index in [4.69, 9.17) is 14.2 Å². The van der Waals surface area contributed by atoms with E-state index in [1.165, 1.54) is 11.1 Å². The lowest BCUT2D eigenvalue weighted by Crippen LogP contribution is -2.30. The van der Waals surface area contributed by atoms with E-state index in [2.05, 4.69) is 24.3 Å². The van der Waals surface area contributed by atoms with Gasteiger partial charge in [0.15, 0.2) is 6.29 Å². The molecule has 1 saturated heterocycles. The summed E-state index contributed by atoms with van der Waals surface area (Å²) in [7, 11) is 0. The van der Waals surface area contributed by atoms with E-state index in [1.54, 1.807) is 0 Å². The lowest BCUT2D eigenvalue weighted by atomic mass is 9.92. The third-order valence-corrected chi connectivity index (χ3v) is 7.96. The van der Waals surface area contributed by atoms with Crippen LogP contribution in [0.3, 0.4) is 0 Å². The van der Waals surface area contributed by atoms with Crippen LogP contribution in [0.25, 0.3) is 0 Å². The Kier molecular flexibility index (Phi) is 11.1. The molecule has 1 unspecified atom stereocenters. The van der Waals surface area contributed by atoms with Crippen LogP contribution in [0, 0.1) is 11.8 Å². The van der Waals surface area contributed by atoms with Gasteiger partial charge >= 0.3 is 5.97 Å². The highest BCUT2D eigenvalue weighted by molar-refractivity contribution is 5.84. The normalized spacial score (nSPS) is 26.7. The molecule has 0 bridgehead atoms. The maximum absolute atomic E-state index is 15.3. The Labute approximate surface area is 226 Å². The molecule has 0 N–H and O–H groups in total. The van der Waals surface area contributed by atoms with E-state index in [1.807, 2.05) is 25.1 Å². The third kappa shape index (κ3) is 8.09. The largest absolute Gasteiger partial charge is 0.466 e. The number of fused-ring (bicyclic) bond motifs is 1. The molecule has 1 saturated carbocycles. The van der Waals surface area contributed by atoms with Crippen LogP contribution in [-0.2, 0) is 36.6 Å². The van der Waals surface area contributed by atoms with E-state index in [0.717, 1.165) is 51.4 Å². The van der Waals surface area contributed by atoms with Gasteiger partial charge < -0.3 is 14.2 Å². The molecule has 1 aliphatic heterocycles. The van der Waals surface area contributed by atoms with Crippen LogP contribution in [0.5, 0.6) is 0 Å². The monoisotopic (exact) mass is 526 g/mol. The highest BCUT2D eigenvalue weighted by Gasteiger charge is 2.40. The average Bonchev–Trinajstić information content (AvgIpc) is 3.49. The van der Waals surface area contributed by atoms with Crippen molar-refractivity contribution in [3.63, 3.8) is 0 Å². The molecule has 4 atom stereocenters. The van der Waals surface area contributed by atoms with Crippen molar-refractivity contribution >= 4 is 11.8 Å². The molecular weight excluding hydrogens is 483 g/mol. The van der Waals surface area contributed by atoms with Crippen molar-refractivity contribution in [1.82, 2.24) is 0 Å². The fraction of sp³-hybridized carbons (Fsp3) is 0.625. The van der Waals surface area contributed by atoms with Crippen LogP contribution in [0.4, 0.5) is 4.39 Å². The Morgan fingerprint density at radius 2 is 1.92 bits per heavy atom. The number of rotatable bonds is 13. The Hall–Kier alpha value is -2.31. The number of hydrogen-bond acceptors (Lipinski definition) is 5. The first-order valence-electron chi connectivity index (χ1n) is 14.6. The number of benzene rings is 1. The van der Waals surface area contributed by atoms with E-state index in [9.17, 15) is 9.59 Å². The lowest BCUT2D eigenvalue weighted by molar-refractivity contribution is -0.193. The number of halogens is 1. The number of esters is 1. The van der Waals surface area contributed by atoms with Crippen molar-refractivity contribution in [3.05, 3.63) is 59.2 Å². The van der Waals surface area contributed by atoms with Crippen molar-refractivity contribution in [2.45, 2.75) is 103 Å². The van der Waals surface area contributed by atoms with Crippen molar-refractivity contribution in [2.24, 2.45) is 11.8 Å². The molecule has 208 valence electrons. The summed E-state index contributed by atoms with van der Waals surface area (Å²) in [6.07, 6.45) is 12.8. The number of carbonyl (C=O) groups excluding carboxylic acids is 2. The third-order valence-electron chi connectivity index (χ3n) is 7.96. The number of allylic oxidation sites excluding steroid dienone is 3. The minimum atomic E-state index is -1.11. The van der Waals surface area contributed by atoms with Crippen molar-refractivity contribution in [1.29, 1.82) is 0 Å². The highest BCUT2D eigenvalue weighted by atomic mass is 19.1. The summed E-state index contributed by atoms with van der Waals surface area (Å²) in [4.78, 5) is 24.8. The van der Waals surface area contributed by atoms with Gasteiger partial charge in [0.2, 0.25) is 0 Å². The molecule has 1 aromatic carbocycles. The van der Waals surface area contributed by atoms with Gasteiger partial charge in [-0.2, -0.15) is 0 Å². The molecule has 4 rings (SSSR count). The van der Waals surface area contributed by atoms with Gasteiger partial charge in [0.1, 0.15) is 12.0 Å². The van der Waals surface area contributed by atoms with Crippen LogP contribution < -0.4 is 0 Å². The van der Waals surface area contributed by atoms with Gasteiger partial charge in [-0.3, -0.25) is 9.59 Å². The van der Waals surface area contributed by atoms with Gasteiger partial charge in [0.25, 0.3) is 0 Å². The van der Waals surface area contributed by atoms with E-state index >= 15 is 4.39 Å². The number of ketones is 1. The summed E-state index contributed by atoms with van der Waals surface area (Å²) < 4.78 is 32.5. The maximum atomic E-state index is 15.3. The van der Waals surface area contributed by atoms with Crippen LogP contribution in [0.2, 0.25) is 0 Å². The second kappa shape index (κ2) is 14.7. The van der Waals surface area contributed by atoms with Crippen LogP contribution in [-0.4, -0.2) is 43.5 Å². The molecule has 5 nitrogen and oxygen atoms in total. The molecule has 1 heterocycles. The first-order valence-corrected chi connectivity index (χ1v) is 14.6. The van der Waals surface area contributed by atoms with Crippen molar-refractivity contribution in [2.75, 3.05) is 13.2 Å². The maximum Gasteiger partial charge on any atom is 0.305 e. The summed E-state index contributed by atoms with van der Waals surface area (Å²) in [6, 6.07) is 8.24. The Morgan fingerprint density at radius 3 is 2.63 bits per heavy atom. The summed E-state index contributed by atoms with van der Waals surface area (Å²) in [5.41, 5.74) is 3.21. The van der Waals surface area contributed by atoms with Crippen LogP contribution in [0.15, 0.2) is 48.1 Å². The van der Waals surface area contributed by atoms with Gasteiger partial charge in [-0.1, -0.05) is 49.4 Å². The van der Waals surface area contributed by atoms with Crippen molar-refractivity contribution < 1.29 is 28.2 Å². The Balaban J connectivity index is 1.34. The summed E-state index contributed by atoms with van der Waals surface area (Å²) in [5.74, 6) is -0.105. The van der Waals surface area contributed by atoms with Gasteiger partial charge in [-0.15, -0.1) is 0 Å². The predicted molar refractivity (Wildman–Crippen MR) is 145 cm³/mol. The summed E-state index contributed by atoms with van der Waals surface area (Å²) in [5, 5.41) is 0. The van der Waals surface area contributed by atoms with Gasteiger partial charge in [0, 0.05) is 37.7 Å². The minimum Gasteiger partial charge on any atom is -0.466 e. The predicted octanol–water partition coefficient (Wildman–Crippen LogP) is 6.63. The Bertz CT molecular complexity index is 955. The quantitative estimate of drug-likeness (QED) is 0.164. The molecule has 3 aliphatic rings. The van der Waals surface area contributed by atoms with Crippen molar-refractivity contribution in [3.8, 4) is 0 Å². The van der Waals surface area contributed by atoms with Gasteiger partial charge in [-0.05, 0) is 74.5 Å². The number of Topliss-reactive ketones (excluding diaryl/α,β-unsaturated/α-hetero) is 1. The number of alkyl halides is 1. The SMILES string of the molecule is CCCOC(=O)CCCC=CC[C@@H]1C(=CCC(=O)C2Cc3ccccc3C2)[C@@H](F)C[C@@H]1OC1CCCCO1. The molecule has 0 aromatic heterocycles. The van der Waals surface area contributed by atoms with E-state index in [-0.39, 0.29) is 42.4 Å². The second-order valence-corrected chi connectivity index (χ2v) is 10.8. The number of carbonyl (C=O) groups is 2. The van der Waals surface area contributed by atoms with Gasteiger partial charge in [-0.25, -0.2) is 4.39 Å². The fourth-order valence-electron chi connectivity index (χ4n) is 5.87. The highest BCUT2D eigenvalue weighted by Crippen LogP contribution is 2.40. The molecule has 2 aliphatic carbocycles. The van der Waals surface area contributed by atoms with Gasteiger partial charge in [0.05, 0.1) is 12.7 Å². The minimum absolute atomic E-state index is 0.0197. The lowest BCUT2D eigenvalue weighted by Gasteiger charge is -2.28. The Morgan fingerprint density at radius 1 is 1.13 bits per heavy atom. The molecular formula is C32H43FO5. The van der Waals surface area contributed by atoms with Crippen LogP contribution >= 0.6 is 0 Å². The van der Waals surface area contributed by atoms with E-state index < -0.39 is 6.17 Å². The zero-order chi connectivity index (χ0) is 26.7. The number of ether oxygens (including phenoxy) is 3. The van der Waals surface area contributed by atoms with Crippen LogP contribution in [0.1, 0.15) is 82.3 Å². The molecule has 0 amide bonds. The van der Waals surface area contributed by atoms with E-state index in [0.29, 0.717) is 38.0 Å². The molecule has 0 radical (unpaired) electrons. The number of hydrogen-bond donors (Lipinski definition) is 0. The average molecular weight is 527 g/mol. The fourth-order valence-corrected chi connectivity index (χ4v) is 5.87. The standard InChI is InChI=1S/C32H43FO5/c1-2-18-36-31(35)14-6-4-3-5-13-27-26(28(33)22-30(27)38-32-15-9-10-19-37-32)16-17-29(34)25-20-23-11-7-8-12-24(23)21-25/h3,5,7-8,11-12,16,25,27-28,30,32H,2,4,6,9-10,13-15,17-22H2,1H3/t27-,28+,30+,32?/m1/s1. The number of unbranched alkanes of at least 4 members (excludes halogenated alkanes) is 1. The zero-order valence-electron chi connectivity index (χ0n) is 22.7. The topological polar surface area (TPSA) is 61.8 Å². The molecule has 0 spiro atoms. The second-order valence-electron chi connectivity index (χ2n) is 10.8. The molecule has 6 heteroatoms. The smallest absolute Gasteiger partial charge is 0.305 e. The molecule has 1 aromatic rings. The first-order chi connectivity index (χ1) is 18.5. The summed E-state index contributed by atoms with van der Waals surface area (Å²) >= 11 is 0.